The number of carboxylic acids is 1. The molecule has 0 bridgehead atoms. The zero-order chi connectivity index (χ0) is 17.4. The van der Waals surface area contributed by atoms with E-state index in [2.05, 4.69) is 10.9 Å². The van der Waals surface area contributed by atoms with Crippen LogP contribution in [0.1, 0.15) is 31.7 Å². The van der Waals surface area contributed by atoms with Gasteiger partial charge in [-0.3, -0.25) is 20.4 Å². The van der Waals surface area contributed by atoms with Crippen LogP contribution in [0.4, 0.5) is 0 Å². The first-order valence-corrected chi connectivity index (χ1v) is 7.38. The maximum absolute atomic E-state index is 11.8. The smallest absolute Gasteiger partial charge is 0.279 e. The largest absolute Gasteiger partial charge is 0.550 e. The average molecular weight is 342 g/mol. The number of hydrogen-bond acceptors (Lipinski definition) is 5. The number of carbonyl (C=O) groups is 3. The van der Waals surface area contributed by atoms with Gasteiger partial charge in [-0.2, -0.15) is 0 Å². The van der Waals surface area contributed by atoms with Crippen LogP contribution in [0, 0.1) is 6.92 Å². The van der Waals surface area contributed by atoms with Crippen LogP contribution in [0.3, 0.4) is 0 Å². The number of carboxylic acid groups (broad SMARTS) is 1. The van der Waals surface area contributed by atoms with Crippen molar-refractivity contribution in [1.29, 1.82) is 0 Å². The fraction of sp³-hybridized carbons (Fsp3) is 0.400. The fourth-order valence-corrected chi connectivity index (χ4v) is 1.90. The van der Waals surface area contributed by atoms with E-state index in [4.69, 9.17) is 16.3 Å². The van der Waals surface area contributed by atoms with Crippen molar-refractivity contribution >= 4 is 29.4 Å². The van der Waals surface area contributed by atoms with Crippen LogP contribution >= 0.6 is 11.6 Å². The monoisotopic (exact) mass is 341 g/mol. The summed E-state index contributed by atoms with van der Waals surface area (Å²) in [6.45, 7) is 3.33. The van der Waals surface area contributed by atoms with Crippen LogP contribution in [0.2, 0.25) is 5.02 Å². The van der Waals surface area contributed by atoms with Crippen LogP contribution < -0.4 is 20.7 Å². The highest BCUT2D eigenvalue weighted by Gasteiger charge is 2.16. The van der Waals surface area contributed by atoms with Crippen LogP contribution in [0.25, 0.3) is 0 Å². The van der Waals surface area contributed by atoms with Crippen molar-refractivity contribution in [3.05, 3.63) is 28.8 Å². The minimum atomic E-state index is -1.22. The molecule has 0 aliphatic heterocycles. The number of halogens is 1. The van der Waals surface area contributed by atoms with Gasteiger partial charge >= 0.3 is 0 Å². The number of benzene rings is 1. The number of hydrazine groups is 1. The number of aryl methyl sites for hydroxylation is 1. The minimum Gasteiger partial charge on any atom is -0.550 e. The molecule has 0 saturated heterocycles. The quantitative estimate of drug-likeness (QED) is 0.701. The van der Waals surface area contributed by atoms with Gasteiger partial charge in [0.25, 0.3) is 5.91 Å². The zero-order valence-corrected chi connectivity index (χ0v) is 13.6. The van der Waals surface area contributed by atoms with Gasteiger partial charge in [0.2, 0.25) is 5.91 Å². The minimum absolute atomic E-state index is 0.0280. The van der Waals surface area contributed by atoms with Gasteiger partial charge in [0.05, 0.1) is 0 Å². The Morgan fingerprint density at radius 2 is 1.96 bits per heavy atom. The molecule has 0 heterocycles. The predicted octanol–water partition coefficient (Wildman–Crippen LogP) is 0.483. The Labute approximate surface area is 138 Å². The summed E-state index contributed by atoms with van der Waals surface area (Å²) in [6, 6.07) is 5.01. The molecule has 8 heteroatoms. The van der Waals surface area contributed by atoms with Crippen LogP contribution in [0.15, 0.2) is 18.2 Å². The molecule has 2 N–H and O–H groups in total. The molecule has 0 aliphatic carbocycles. The standard InChI is InChI=1S/C15H19ClN2O5/c1-9-8-11(16)6-7-12(9)23-10(2)15(22)18-17-13(19)4-3-5-14(20)21/h6-8,10H,3-5H2,1-2H3,(H,17,19)(H,18,22)(H,20,21)/p-1/t10-/m1/s1. The summed E-state index contributed by atoms with van der Waals surface area (Å²) in [5.41, 5.74) is 5.19. The third kappa shape index (κ3) is 7.01. The number of aliphatic carboxylic acids is 1. The van der Waals surface area contributed by atoms with Gasteiger partial charge in [0.15, 0.2) is 6.10 Å². The molecule has 1 aromatic rings. The fourth-order valence-electron chi connectivity index (χ4n) is 1.68. The molecule has 126 valence electrons. The molecule has 0 radical (unpaired) electrons. The molecule has 0 saturated carbocycles. The van der Waals surface area contributed by atoms with E-state index >= 15 is 0 Å². The van der Waals surface area contributed by atoms with Gasteiger partial charge in [-0.05, 0) is 50.5 Å². The lowest BCUT2D eigenvalue weighted by atomic mass is 10.2. The van der Waals surface area contributed by atoms with Crippen molar-refractivity contribution in [2.75, 3.05) is 0 Å². The first kappa shape index (κ1) is 18.8. The van der Waals surface area contributed by atoms with Crippen molar-refractivity contribution in [3.63, 3.8) is 0 Å². The van der Waals surface area contributed by atoms with Gasteiger partial charge in [-0.25, -0.2) is 0 Å². The molecule has 7 nitrogen and oxygen atoms in total. The summed E-state index contributed by atoms with van der Waals surface area (Å²) in [4.78, 5) is 33.5. The molecule has 1 rings (SSSR count). The van der Waals surface area contributed by atoms with Gasteiger partial charge < -0.3 is 14.6 Å². The van der Waals surface area contributed by atoms with Gasteiger partial charge in [-0.15, -0.1) is 0 Å². The summed E-state index contributed by atoms with van der Waals surface area (Å²) >= 11 is 5.84. The van der Waals surface area contributed by atoms with Gasteiger partial charge in [0, 0.05) is 17.4 Å². The average Bonchev–Trinajstić information content (AvgIpc) is 2.47. The van der Waals surface area contributed by atoms with E-state index < -0.39 is 23.9 Å². The van der Waals surface area contributed by atoms with Crippen LogP contribution in [-0.4, -0.2) is 23.9 Å². The molecule has 2 amide bonds. The molecular weight excluding hydrogens is 324 g/mol. The van der Waals surface area contributed by atoms with E-state index in [-0.39, 0.29) is 19.3 Å². The van der Waals surface area contributed by atoms with Crippen molar-refractivity contribution in [1.82, 2.24) is 10.9 Å². The predicted molar refractivity (Wildman–Crippen MR) is 81.4 cm³/mol. The Morgan fingerprint density at radius 1 is 1.26 bits per heavy atom. The zero-order valence-electron chi connectivity index (χ0n) is 12.8. The molecule has 0 unspecified atom stereocenters. The first-order chi connectivity index (χ1) is 10.8. The molecular formula is C15H18ClN2O5-. The molecule has 1 aromatic carbocycles. The Morgan fingerprint density at radius 3 is 2.57 bits per heavy atom. The maximum atomic E-state index is 11.8. The number of rotatable bonds is 7. The Balaban J connectivity index is 2.39. The highest BCUT2D eigenvalue weighted by Crippen LogP contribution is 2.22. The molecule has 0 fully saturated rings. The third-order valence-corrected chi connectivity index (χ3v) is 3.15. The van der Waals surface area contributed by atoms with E-state index in [0.717, 1.165) is 5.56 Å². The highest BCUT2D eigenvalue weighted by molar-refractivity contribution is 6.30. The second kappa shape index (κ2) is 8.99. The lowest BCUT2D eigenvalue weighted by Crippen LogP contribution is -2.47. The van der Waals surface area contributed by atoms with Gasteiger partial charge in [-0.1, -0.05) is 11.6 Å². The third-order valence-electron chi connectivity index (χ3n) is 2.92. The maximum Gasteiger partial charge on any atom is 0.279 e. The second-order valence-electron chi connectivity index (χ2n) is 4.93. The highest BCUT2D eigenvalue weighted by atomic mass is 35.5. The molecule has 1 atom stereocenters. The molecule has 0 aromatic heterocycles. The number of amides is 2. The first-order valence-electron chi connectivity index (χ1n) is 7.01. The molecule has 0 spiro atoms. The van der Waals surface area contributed by atoms with Crippen molar-refractivity contribution in [2.24, 2.45) is 0 Å². The van der Waals surface area contributed by atoms with E-state index in [0.29, 0.717) is 10.8 Å². The van der Waals surface area contributed by atoms with E-state index in [9.17, 15) is 19.5 Å². The van der Waals surface area contributed by atoms with Crippen molar-refractivity contribution in [2.45, 2.75) is 39.2 Å². The summed E-state index contributed by atoms with van der Waals surface area (Å²) in [7, 11) is 0. The SMILES string of the molecule is Cc1cc(Cl)ccc1O[C@H](C)C(=O)NNC(=O)CCCC(=O)[O-]. The van der Waals surface area contributed by atoms with Crippen LogP contribution in [0.5, 0.6) is 5.75 Å². The Bertz CT molecular complexity index is 591. The number of carbonyl (C=O) groups excluding carboxylic acids is 3. The topological polar surface area (TPSA) is 108 Å². The summed E-state index contributed by atoms with van der Waals surface area (Å²) in [6.07, 6.45) is -0.935. The summed E-state index contributed by atoms with van der Waals surface area (Å²) in [5, 5.41) is 10.8. The number of ether oxygens (including phenoxy) is 1. The van der Waals surface area contributed by atoms with Crippen molar-refractivity contribution in [3.8, 4) is 5.75 Å². The number of hydrogen-bond donors (Lipinski definition) is 2. The Kier molecular flexibility index (Phi) is 7.34. The van der Waals surface area contributed by atoms with E-state index in [1.54, 1.807) is 25.1 Å². The lowest BCUT2D eigenvalue weighted by molar-refractivity contribution is -0.305. The normalized spacial score (nSPS) is 11.4. The van der Waals surface area contributed by atoms with Crippen molar-refractivity contribution < 1.29 is 24.2 Å². The summed E-state index contributed by atoms with van der Waals surface area (Å²) in [5.74, 6) is -1.73. The summed E-state index contributed by atoms with van der Waals surface area (Å²) < 4.78 is 5.50. The lowest BCUT2D eigenvalue weighted by Gasteiger charge is -2.16. The second-order valence-corrected chi connectivity index (χ2v) is 5.37. The van der Waals surface area contributed by atoms with Gasteiger partial charge in [0.1, 0.15) is 5.75 Å². The molecule has 23 heavy (non-hydrogen) atoms. The van der Waals surface area contributed by atoms with E-state index in [1.807, 2.05) is 0 Å². The molecule has 0 aliphatic rings. The van der Waals surface area contributed by atoms with Crippen LogP contribution in [-0.2, 0) is 14.4 Å². The Hall–Kier alpha value is -2.28. The van der Waals surface area contributed by atoms with E-state index in [1.165, 1.54) is 6.92 Å². The number of nitrogens with one attached hydrogen (secondary N) is 2.